The summed E-state index contributed by atoms with van der Waals surface area (Å²) in [5.41, 5.74) is 0. The number of aliphatic carboxylic acids is 1. The Labute approximate surface area is 55.0 Å². The summed E-state index contributed by atoms with van der Waals surface area (Å²) in [6.07, 6.45) is -4.49. The van der Waals surface area contributed by atoms with Gasteiger partial charge in [0.2, 0.25) is 0 Å². The largest absolute Gasteiger partial charge is 0.478 e. The lowest BCUT2D eigenvalue weighted by Gasteiger charge is -1.98. The second-order valence-electron chi connectivity index (χ2n) is 1.56. The average Bonchev–Trinajstić information content (AvgIpc) is 1.59. The first-order valence-corrected chi connectivity index (χ1v) is 2.38. The van der Waals surface area contributed by atoms with Gasteiger partial charge in [-0.25, -0.2) is 4.79 Å². The quantitative estimate of drug-likeness (QED) is 0.613. The number of carboxylic acids is 1. The van der Waals surface area contributed by atoms with Crippen molar-refractivity contribution in [2.45, 2.75) is 12.6 Å². The van der Waals surface area contributed by atoms with Gasteiger partial charge in [0.1, 0.15) is 0 Å². The fraction of sp³-hybridized carbons (Fsp3) is 0.400. The molecule has 0 unspecified atom stereocenters. The highest BCUT2D eigenvalue weighted by Crippen LogP contribution is 2.19. The first-order chi connectivity index (χ1) is 4.42. The van der Waals surface area contributed by atoms with Crippen molar-refractivity contribution in [2.24, 2.45) is 0 Å². The minimum Gasteiger partial charge on any atom is -0.478 e. The maximum absolute atomic E-state index is 11.3. The molecule has 0 amide bonds. The van der Waals surface area contributed by atoms with Crippen LogP contribution in [0.4, 0.5) is 13.2 Å². The lowest BCUT2D eigenvalue weighted by Crippen LogP contribution is -2.04. The third-order valence-electron chi connectivity index (χ3n) is 0.610. The zero-order valence-electron chi connectivity index (χ0n) is 4.85. The maximum Gasteiger partial charge on any atom is 0.392 e. The van der Waals surface area contributed by atoms with Crippen LogP contribution >= 0.6 is 0 Å². The number of carboxylic acid groups (broad SMARTS) is 1. The Morgan fingerprint density at radius 1 is 1.50 bits per heavy atom. The second-order valence-corrected chi connectivity index (χ2v) is 1.56. The molecule has 0 radical (unpaired) electrons. The monoisotopic (exact) mass is 154 g/mol. The summed E-state index contributed by atoms with van der Waals surface area (Å²) >= 11 is 0. The molecule has 10 heavy (non-hydrogen) atoms. The van der Waals surface area contributed by atoms with Crippen molar-refractivity contribution in [2.75, 3.05) is 0 Å². The van der Waals surface area contributed by atoms with Crippen LogP contribution in [0.2, 0.25) is 0 Å². The first kappa shape index (κ1) is 9.00. The van der Waals surface area contributed by atoms with Crippen LogP contribution in [-0.2, 0) is 4.79 Å². The molecule has 0 fully saturated rings. The van der Waals surface area contributed by atoms with Gasteiger partial charge in [-0.05, 0) is 0 Å². The molecule has 0 heterocycles. The molecule has 2 nitrogen and oxygen atoms in total. The SMILES string of the molecule is O=C(O)C=CCC(F)(F)F. The van der Waals surface area contributed by atoms with Gasteiger partial charge in [-0.3, -0.25) is 0 Å². The van der Waals surface area contributed by atoms with Crippen LogP contribution in [0.3, 0.4) is 0 Å². The maximum atomic E-state index is 11.3. The number of halogens is 3. The van der Waals surface area contributed by atoms with Crippen molar-refractivity contribution in [3.05, 3.63) is 12.2 Å². The summed E-state index contributed by atoms with van der Waals surface area (Å²) in [5.74, 6) is -1.37. The van der Waals surface area contributed by atoms with Gasteiger partial charge in [0.15, 0.2) is 0 Å². The van der Waals surface area contributed by atoms with Crippen LogP contribution < -0.4 is 0 Å². The summed E-state index contributed by atoms with van der Waals surface area (Å²) in [4.78, 5) is 9.63. The third-order valence-corrected chi connectivity index (χ3v) is 0.610. The van der Waals surface area contributed by atoms with Crippen LogP contribution in [0.15, 0.2) is 12.2 Å². The van der Waals surface area contributed by atoms with Crippen molar-refractivity contribution in [1.29, 1.82) is 0 Å². The van der Waals surface area contributed by atoms with E-state index < -0.39 is 18.6 Å². The number of alkyl halides is 3. The molecule has 0 saturated heterocycles. The third kappa shape index (κ3) is 7.00. The van der Waals surface area contributed by atoms with Gasteiger partial charge in [-0.15, -0.1) is 0 Å². The van der Waals surface area contributed by atoms with E-state index in [1.54, 1.807) is 0 Å². The van der Waals surface area contributed by atoms with Crippen LogP contribution in [0.5, 0.6) is 0 Å². The van der Waals surface area contributed by atoms with Gasteiger partial charge in [0.05, 0.1) is 6.42 Å². The lowest BCUT2D eigenvalue weighted by molar-refractivity contribution is -0.131. The summed E-state index contributed by atoms with van der Waals surface area (Å²) in [7, 11) is 0. The second kappa shape index (κ2) is 3.24. The fourth-order valence-electron chi connectivity index (χ4n) is 0.293. The van der Waals surface area contributed by atoms with Gasteiger partial charge in [0, 0.05) is 6.08 Å². The molecular formula is C5H5F3O2. The zero-order valence-corrected chi connectivity index (χ0v) is 4.85. The lowest BCUT2D eigenvalue weighted by atomic mass is 10.4. The summed E-state index contributed by atoms with van der Waals surface area (Å²) in [5, 5.41) is 7.86. The predicted octanol–water partition coefficient (Wildman–Crippen LogP) is 1.58. The molecule has 0 atom stereocenters. The number of rotatable bonds is 2. The molecule has 0 aliphatic rings. The Bertz CT molecular complexity index is 147. The van der Waals surface area contributed by atoms with Gasteiger partial charge >= 0.3 is 12.1 Å². The molecule has 5 heteroatoms. The molecule has 0 aliphatic carbocycles. The van der Waals surface area contributed by atoms with E-state index in [1.807, 2.05) is 0 Å². The Balaban J connectivity index is 3.64. The predicted molar refractivity (Wildman–Crippen MR) is 27.4 cm³/mol. The van der Waals surface area contributed by atoms with Gasteiger partial charge in [-0.1, -0.05) is 6.08 Å². The van der Waals surface area contributed by atoms with E-state index in [4.69, 9.17) is 5.11 Å². The van der Waals surface area contributed by atoms with Crippen molar-refractivity contribution < 1.29 is 23.1 Å². The number of hydrogen-bond donors (Lipinski definition) is 1. The minimum absolute atomic E-state index is 0.466. The van der Waals surface area contributed by atoms with Crippen molar-refractivity contribution >= 4 is 5.97 Å². The van der Waals surface area contributed by atoms with Gasteiger partial charge in [-0.2, -0.15) is 13.2 Å². The van der Waals surface area contributed by atoms with Gasteiger partial charge < -0.3 is 5.11 Å². The smallest absolute Gasteiger partial charge is 0.392 e. The summed E-state index contributed by atoms with van der Waals surface area (Å²) in [6, 6.07) is 0. The highest BCUT2D eigenvalue weighted by atomic mass is 19.4. The van der Waals surface area contributed by atoms with Crippen LogP contribution in [0, 0.1) is 0 Å². The highest BCUT2D eigenvalue weighted by Gasteiger charge is 2.24. The molecule has 0 aliphatic heterocycles. The van der Waals surface area contributed by atoms with Gasteiger partial charge in [0.25, 0.3) is 0 Å². The van der Waals surface area contributed by atoms with Crippen molar-refractivity contribution in [1.82, 2.24) is 0 Å². The topological polar surface area (TPSA) is 37.3 Å². The zero-order chi connectivity index (χ0) is 8.20. The summed E-state index contributed by atoms with van der Waals surface area (Å²) in [6.45, 7) is 0. The Morgan fingerprint density at radius 3 is 2.30 bits per heavy atom. The first-order valence-electron chi connectivity index (χ1n) is 2.38. The van der Waals surface area contributed by atoms with E-state index in [1.165, 1.54) is 0 Å². The van der Waals surface area contributed by atoms with E-state index >= 15 is 0 Å². The molecular weight excluding hydrogens is 149 g/mol. The molecule has 0 aromatic rings. The highest BCUT2D eigenvalue weighted by molar-refractivity contribution is 5.79. The van der Waals surface area contributed by atoms with E-state index in [2.05, 4.69) is 0 Å². The fourth-order valence-corrected chi connectivity index (χ4v) is 0.293. The standard InChI is InChI=1S/C5H5F3O2/c6-5(7,8)3-1-2-4(9)10/h1-2H,3H2,(H,9,10). The Morgan fingerprint density at radius 2 is 2.00 bits per heavy atom. The Hall–Kier alpha value is -1.00. The average molecular weight is 154 g/mol. The van der Waals surface area contributed by atoms with Crippen LogP contribution in [-0.4, -0.2) is 17.3 Å². The molecule has 0 saturated carbocycles. The molecule has 0 aromatic heterocycles. The molecule has 0 spiro atoms. The Kier molecular flexibility index (Phi) is 2.92. The van der Waals surface area contributed by atoms with E-state index in [-0.39, 0.29) is 0 Å². The number of hydrogen-bond acceptors (Lipinski definition) is 1. The van der Waals surface area contributed by atoms with Crippen LogP contribution in [0.25, 0.3) is 0 Å². The molecule has 0 rings (SSSR count). The minimum atomic E-state index is -4.31. The van der Waals surface area contributed by atoms with Crippen molar-refractivity contribution in [3.8, 4) is 0 Å². The number of carbonyl (C=O) groups is 1. The van der Waals surface area contributed by atoms with E-state index in [0.717, 1.165) is 0 Å². The normalized spacial score (nSPS) is 12.3. The van der Waals surface area contributed by atoms with E-state index in [0.29, 0.717) is 12.2 Å². The van der Waals surface area contributed by atoms with Crippen molar-refractivity contribution in [3.63, 3.8) is 0 Å². The molecule has 0 bridgehead atoms. The number of allylic oxidation sites excluding steroid dienone is 1. The van der Waals surface area contributed by atoms with Crippen LogP contribution in [0.1, 0.15) is 6.42 Å². The molecule has 0 aromatic carbocycles. The summed E-state index contributed by atoms with van der Waals surface area (Å²) < 4.78 is 33.8. The van der Waals surface area contributed by atoms with E-state index in [9.17, 15) is 18.0 Å². The molecule has 1 N–H and O–H groups in total. The molecule has 58 valence electrons.